The number of para-hydroxylation sites is 1. The molecule has 5 aromatic rings. The Balaban J connectivity index is 0.980. The van der Waals surface area contributed by atoms with Crippen LogP contribution < -0.4 is 15.4 Å². The first-order valence-corrected chi connectivity index (χ1v) is 17.9. The molecular weight excluding hydrogens is 654 g/mol. The van der Waals surface area contributed by atoms with Crippen molar-refractivity contribution in [2.75, 3.05) is 25.0 Å². The number of likely N-dealkylation sites (tertiary alicyclic amines) is 1. The van der Waals surface area contributed by atoms with E-state index < -0.39 is 6.29 Å². The number of anilines is 1. The lowest BCUT2D eigenvalue weighted by Crippen LogP contribution is -2.44. The summed E-state index contributed by atoms with van der Waals surface area (Å²) >= 11 is 0. The highest BCUT2D eigenvalue weighted by atomic mass is 16.7. The highest BCUT2D eigenvalue weighted by Gasteiger charge is 2.39. The van der Waals surface area contributed by atoms with Gasteiger partial charge in [-0.3, -0.25) is 4.90 Å². The second kappa shape index (κ2) is 16.5. The van der Waals surface area contributed by atoms with Gasteiger partial charge in [0.15, 0.2) is 6.29 Å². The third kappa shape index (κ3) is 8.88. The van der Waals surface area contributed by atoms with Crippen LogP contribution in [-0.4, -0.2) is 53.0 Å². The Kier molecular flexibility index (Phi) is 11.3. The van der Waals surface area contributed by atoms with Crippen LogP contribution in [0.15, 0.2) is 127 Å². The lowest BCUT2D eigenvalue weighted by atomic mass is 9.90. The standard InChI is InChI=1S/C43H45N3O6/c1-29-40(27-46-23-22-37(48)26-46)51-42(52-41(29)33-12-10-30(28-47)11-13-33)34-16-14-32(15-17-34)35-7-5-6-31(24-35)25-44-43(49)45-36-18-20-39(21-19-36)50-38-8-3-2-4-9-38/h2-21,24,29,37,40-42,47-48H,22-23,25-28H2,1H3,(H2,44,45,49)/t29-,37+,40+,41+,42+/m1/s1. The fourth-order valence-corrected chi connectivity index (χ4v) is 6.84. The molecule has 0 aromatic heterocycles. The van der Waals surface area contributed by atoms with Gasteiger partial charge in [-0.2, -0.15) is 0 Å². The molecule has 2 aliphatic rings. The Morgan fingerprint density at radius 1 is 0.808 bits per heavy atom. The molecule has 2 aliphatic heterocycles. The van der Waals surface area contributed by atoms with Gasteiger partial charge < -0.3 is 35.1 Å². The number of carbonyl (C=O) groups is 1. The topological polar surface area (TPSA) is 113 Å². The molecule has 0 aliphatic carbocycles. The number of hydrogen-bond donors (Lipinski definition) is 4. The van der Waals surface area contributed by atoms with Crippen molar-refractivity contribution in [2.45, 2.75) is 51.1 Å². The first-order chi connectivity index (χ1) is 25.4. The Morgan fingerprint density at radius 3 is 2.25 bits per heavy atom. The monoisotopic (exact) mass is 699 g/mol. The molecule has 7 rings (SSSR count). The van der Waals surface area contributed by atoms with Gasteiger partial charge in [-0.15, -0.1) is 0 Å². The summed E-state index contributed by atoms with van der Waals surface area (Å²) in [5.41, 5.74) is 6.54. The van der Waals surface area contributed by atoms with E-state index in [0.29, 0.717) is 24.5 Å². The molecule has 268 valence electrons. The van der Waals surface area contributed by atoms with Gasteiger partial charge in [0.05, 0.1) is 24.9 Å². The molecule has 0 radical (unpaired) electrons. The normalized spacial score (nSPS) is 21.8. The van der Waals surface area contributed by atoms with Crippen LogP contribution in [0.25, 0.3) is 11.1 Å². The smallest absolute Gasteiger partial charge is 0.319 e. The molecule has 2 fully saturated rings. The third-order valence-corrected chi connectivity index (χ3v) is 9.80. The average Bonchev–Trinajstić information content (AvgIpc) is 3.60. The quantitative estimate of drug-likeness (QED) is 0.111. The number of urea groups is 1. The molecule has 2 saturated heterocycles. The van der Waals surface area contributed by atoms with E-state index in [-0.39, 0.29) is 36.9 Å². The van der Waals surface area contributed by atoms with Gasteiger partial charge in [0.25, 0.3) is 0 Å². The van der Waals surface area contributed by atoms with Crippen LogP contribution in [0.2, 0.25) is 0 Å². The van der Waals surface area contributed by atoms with E-state index in [9.17, 15) is 15.0 Å². The van der Waals surface area contributed by atoms with E-state index in [1.54, 1.807) is 12.1 Å². The number of rotatable bonds is 11. The molecule has 9 heteroatoms. The number of aliphatic hydroxyl groups excluding tert-OH is 2. The molecule has 0 spiro atoms. The zero-order valence-corrected chi connectivity index (χ0v) is 29.2. The summed E-state index contributed by atoms with van der Waals surface area (Å²) < 4.78 is 19.1. The first-order valence-electron chi connectivity index (χ1n) is 17.9. The van der Waals surface area contributed by atoms with Crippen LogP contribution >= 0.6 is 0 Å². The average molecular weight is 700 g/mol. The molecule has 0 saturated carbocycles. The van der Waals surface area contributed by atoms with E-state index in [0.717, 1.165) is 58.6 Å². The van der Waals surface area contributed by atoms with Crippen molar-refractivity contribution in [1.82, 2.24) is 10.2 Å². The number of amides is 2. The molecule has 4 N–H and O–H groups in total. The molecule has 5 aromatic carbocycles. The summed E-state index contributed by atoms with van der Waals surface area (Å²) in [5, 5.41) is 25.5. The second-order valence-electron chi connectivity index (χ2n) is 13.6. The summed E-state index contributed by atoms with van der Waals surface area (Å²) in [7, 11) is 0. The zero-order chi connectivity index (χ0) is 35.9. The predicted molar refractivity (Wildman–Crippen MR) is 201 cm³/mol. The van der Waals surface area contributed by atoms with Crippen LogP contribution in [0.5, 0.6) is 11.5 Å². The minimum absolute atomic E-state index is 0.00425. The van der Waals surface area contributed by atoms with Crippen molar-refractivity contribution in [1.29, 1.82) is 0 Å². The fraction of sp³-hybridized carbons (Fsp3) is 0.279. The number of β-amino-alcohol motifs (C(OH)–C–C–N with tert-alkyl or cyclic N) is 1. The van der Waals surface area contributed by atoms with Gasteiger partial charge in [0.1, 0.15) is 11.5 Å². The van der Waals surface area contributed by atoms with Crippen LogP contribution in [0, 0.1) is 5.92 Å². The lowest BCUT2D eigenvalue weighted by Gasteiger charge is -2.42. The maximum Gasteiger partial charge on any atom is 0.319 e. The van der Waals surface area contributed by atoms with Crippen molar-refractivity contribution < 1.29 is 29.2 Å². The van der Waals surface area contributed by atoms with E-state index >= 15 is 0 Å². The van der Waals surface area contributed by atoms with Crippen LogP contribution in [0.3, 0.4) is 0 Å². The number of benzene rings is 5. The highest BCUT2D eigenvalue weighted by Crippen LogP contribution is 2.42. The second-order valence-corrected chi connectivity index (χ2v) is 13.6. The van der Waals surface area contributed by atoms with Crippen LogP contribution in [-0.2, 0) is 22.6 Å². The summed E-state index contributed by atoms with van der Waals surface area (Å²) in [6.45, 7) is 4.74. The Morgan fingerprint density at radius 2 is 1.54 bits per heavy atom. The van der Waals surface area contributed by atoms with Crippen molar-refractivity contribution in [3.63, 3.8) is 0 Å². The maximum absolute atomic E-state index is 12.7. The molecule has 0 unspecified atom stereocenters. The molecule has 2 heterocycles. The van der Waals surface area contributed by atoms with E-state index in [1.165, 1.54) is 0 Å². The largest absolute Gasteiger partial charge is 0.457 e. The SMILES string of the molecule is C[C@@H]1[C@H](CN2CC[C@H](O)C2)O[C@H](c2ccc(-c3cccc(CNC(=O)Nc4ccc(Oc5ccccc5)cc4)c3)cc2)O[C@@H]1c1ccc(CO)cc1. The van der Waals surface area contributed by atoms with Crippen molar-refractivity contribution in [3.8, 4) is 22.6 Å². The predicted octanol–water partition coefficient (Wildman–Crippen LogP) is 7.82. The molecular formula is C43H45N3O6. The molecule has 0 bridgehead atoms. The van der Waals surface area contributed by atoms with Gasteiger partial charge in [-0.05, 0) is 76.7 Å². The fourth-order valence-electron chi connectivity index (χ4n) is 6.84. The van der Waals surface area contributed by atoms with Gasteiger partial charge in [0, 0.05) is 43.3 Å². The first kappa shape index (κ1) is 35.4. The van der Waals surface area contributed by atoms with Crippen molar-refractivity contribution in [3.05, 3.63) is 150 Å². The molecule has 9 nitrogen and oxygen atoms in total. The number of nitrogens with zero attached hydrogens (tertiary/aromatic N) is 1. The van der Waals surface area contributed by atoms with E-state index in [2.05, 4.69) is 46.7 Å². The summed E-state index contributed by atoms with van der Waals surface area (Å²) in [5.74, 6) is 1.51. The van der Waals surface area contributed by atoms with Gasteiger partial charge in [0.2, 0.25) is 0 Å². The lowest BCUT2D eigenvalue weighted by molar-refractivity contribution is -0.276. The maximum atomic E-state index is 12.7. The van der Waals surface area contributed by atoms with E-state index in [4.69, 9.17) is 14.2 Å². The molecule has 2 amide bonds. The Bertz CT molecular complexity index is 1900. The third-order valence-electron chi connectivity index (χ3n) is 9.80. The number of aliphatic hydroxyl groups is 2. The summed E-state index contributed by atoms with van der Waals surface area (Å²) in [6.07, 6.45) is -0.374. The van der Waals surface area contributed by atoms with Crippen molar-refractivity contribution in [2.24, 2.45) is 5.92 Å². The Labute approximate surface area is 304 Å². The minimum atomic E-state index is -0.563. The molecule has 52 heavy (non-hydrogen) atoms. The van der Waals surface area contributed by atoms with Gasteiger partial charge in [-0.1, -0.05) is 91.9 Å². The zero-order valence-electron chi connectivity index (χ0n) is 29.2. The summed E-state index contributed by atoms with van der Waals surface area (Å²) in [4.78, 5) is 15.0. The molecule has 5 atom stereocenters. The number of nitrogens with one attached hydrogen (secondary N) is 2. The number of carbonyl (C=O) groups excluding carboxylic acids is 1. The summed E-state index contributed by atoms with van der Waals surface area (Å²) in [6, 6.07) is 40.8. The Hall–Kier alpha value is -5.03. The van der Waals surface area contributed by atoms with Crippen LogP contribution in [0.4, 0.5) is 10.5 Å². The number of ether oxygens (including phenoxy) is 3. The van der Waals surface area contributed by atoms with Gasteiger partial charge in [-0.25, -0.2) is 4.79 Å². The number of hydrogen-bond acceptors (Lipinski definition) is 7. The minimum Gasteiger partial charge on any atom is -0.457 e. The van der Waals surface area contributed by atoms with Gasteiger partial charge >= 0.3 is 6.03 Å². The highest BCUT2D eigenvalue weighted by molar-refractivity contribution is 5.89. The van der Waals surface area contributed by atoms with Crippen molar-refractivity contribution >= 4 is 11.7 Å². The van der Waals surface area contributed by atoms with Crippen LogP contribution in [0.1, 0.15) is 48.0 Å². The van der Waals surface area contributed by atoms with E-state index in [1.807, 2.05) is 91.0 Å².